The predicted molar refractivity (Wildman–Crippen MR) is 80.0 cm³/mol. The van der Waals surface area contributed by atoms with Gasteiger partial charge in [0.15, 0.2) is 4.77 Å². The van der Waals surface area contributed by atoms with E-state index in [0.29, 0.717) is 6.04 Å². The number of hydrogen-bond acceptors (Lipinski definition) is 3. The number of fused-ring (bicyclic) bond motifs is 1. The number of H-pyrrole nitrogens is 1. The zero-order valence-electron chi connectivity index (χ0n) is 11.8. The summed E-state index contributed by atoms with van der Waals surface area (Å²) in [6, 6.07) is 0.698. The van der Waals surface area contributed by atoms with Gasteiger partial charge in [0, 0.05) is 19.1 Å². The van der Waals surface area contributed by atoms with E-state index in [9.17, 15) is 0 Å². The van der Waals surface area contributed by atoms with Gasteiger partial charge in [0.1, 0.15) is 0 Å². The van der Waals surface area contributed by atoms with E-state index < -0.39 is 0 Å². The highest BCUT2D eigenvalue weighted by Crippen LogP contribution is 2.37. The maximum absolute atomic E-state index is 5.37. The highest BCUT2D eigenvalue weighted by molar-refractivity contribution is 7.71. The Morgan fingerprint density at radius 3 is 2.89 bits per heavy atom. The summed E-state index contributed by atoms with van der Waals surface area (Å²) < 4.78 is 2.96. The van der Waals surface area contributed by atoms with Gasteiger partial charge in [-0.15, -0.1) is 5.10 Å². The second-order valence-electron chi connectivity index (χ2n) is 5.93. The summed E-state index contributed by atoms with van der Waals surface area (Å²) in [5, 5.41) is 7.51. The lowest BCUT2D eigenvalue weighted by Gasteiger charge is -2.44. The molecule has 0 radical (unpaired) electrons. The van der Waals surface area contributed by atoms with Crippen molar-refractivity contribution in [2.45, 2.75) is 64.5 Å². The standard InChI is InChI=1S/C14H24N4S/c1-2-9-18-13(15-16-14(18)19)17-10-5-7-11-6-3-4-8-12(11)17/h11-12H,2-10H2,1H3,(H,16,19)/t11-,12-/m1/s1. The lowest BCUT2D eigenvalue weighted by Crippen LogP contribution is -2.48. The molecule has 0 spiro atoms. The quantitative estimate of drug-likeness (QED) is 0.861. The number of rotatable bonds is 3. The predicted octanol–water partition coefficient (Wildman–Crippen LogP) is 3.51. The van der Waals surface area contributed by atoms with Crippen LogP contribution in [-0.2, 0) is 6.54 Å². The molecule has 1 aromatic heterocycles. The third-order valence-electron chi connectivity index (χ3n) is 4.69. The molecule has 0 amide bonds. The van der Waals surface area contributed by atoms with Gasteiger partial charge in [-0.3, -0.25) is 4.57 Å². The number of hydrogen-bond donors (Lipinski definition) is 1. The molecule has 1 aromatic rings. The molecule has 2 fully saturated rings. The Morgan fingerprint density at radius 2 is 2.05 bits per heavy atom. The van der Waals surface area contributed by atoms with Crippen molar-refractivity contribution in [3.05, 3.63) is 4.77 Å². The molecule has 0 aromatic carbocycles. The summed E-state index contributed by atoms with van der Waals surface area (Å²) in [5.74, 6) is 1.96. The molecule has 106 valence electrons. The van der Waals surface area contributed by atoms with Crippen molar-refractivity contribution in [2.24, 2.45) is 5.92 Å². The maximum Gasteiger partial charge on any atom is 0.225 e. The lowest BCUT2D eigenvalue weighted by molar-refractivity contribution is 0.240. The third kappa shape index (κ3) is 2.45. The summed E-state index contributed by atoms with van der Waals surface area (Å²) in [6.07, 6.45) is 9.32. The Bertz CT molecular complexity index is 476. The van der Waals surface area contributed by atoms with E-state index >= 15 is 0 Å². The summed E-state index contributed by atoms with van der Waals surface area (Å²) in [7, 11) is 0. The average Bonchev–Trinajstić information content (AvgIpc) is 2.80. The topological polar surface area (TPSA) is 36.9 Å². The molecule has 0 bridgehead atoms. The van der Waals surface area contributed by atoms with Crippen LogP contribution in [0.1, 0.15) is 51.9 Å². The molecule has 2 atom stereocenters. The van der Waals surface area contributed by atoms with Gasteiger partial charge in [0.2, 0.25) is 5.95 Å². The Labute approximate surface area is 120 Å². The summed E-state index contributed by atoms with van der Waals surface area (Å²) in [5.41, 5.74) is 0. The molecule has 1 saturated carbocycles. The van der Waals surface area contributed by atoms with Crippen LogP contribution in [0.5, 0.6) is 0 Å². The van der Waals surface area contributed by atoms with Crippen molar-refractivity contribution in [3.8, 4) is 0 Å². The average molecular weight is 280 g/mol. The number of nitrogens with one attached hydrogen (secondary N) is 1. The van der Waals surface area contributed by atoms with Gasteiger partial charge in [-0.2, -0.15) is 0 Å². The van der Waals surface area contributed by atoms with Gasteiger partial charge in [0.05, 0.1) is 0 Å². The second-order valence-corrected chi connectivity index (χ2v) is 6.31. The minimum absolute atomic E-state index is 0.698. The molecule has 1 aliphatic carbocycles. The van der Waals surface area contributed by atoms with Gasteiger partial charge in [-0.1, -0.05) is 19.8 Å². The first-order chi connectivity index (χ1) is 9.31. The normalized spacial score (nSPS) is 27.3. The fourth-order valence-electron chi connectivity index (χ4n) is 3.83. The van der Waals surface area contributed by atoms with Crippen LogP contribution in [0.4, 0.5) is 5.95 Å². The van der Waals surface area contributed by atoms with Crippen molar-refractivity contribution < 1.29 is 0 Å². The van der Waals surface area contributed by atoms with E-state index in [1.165, 1.54) is 38.5 Å². The van der Waals surface area contributed by atoms with Crippen molar-refractivity contribution in [1.29, 1.82) is 0 Å². The molecule has 4 nitrogen and oxygen atoms in total. The minimum atomic E-state index is 0.698. The highest BCUT2D eigenvalue weighted by Gasteiger charge is 2.35. The molecule has 1 saturated heterocycles. The summed E-state index contributed by atoms with van der Waals surface area (Å²) in [6.45, 7) is 4.31. The molecular weight excluding hydrogens is 256 g/mol. The smallest absolute Gasteiger partial charge is 0.225 e. The van der Waals surface area contributed by atoms with E-state index in [1.54, 1.807) is 0 Å². The second kappa shape index (κ2) is 5.65. The highest BCUT2D eigenvalue weighted by atomic mass is 32.1. The van der Waals surface area contributed by atoms with Crippen LogP contribution in [0.2, 0.25) is 0 Å². The molecule has 1 aliphatic heterocycles. The summed E-state index contributed by atoms with van der Waals surface area (Å²) >= 11 is 5.37. The van der Waals surface area contributed by atoms with E-state index in [0.717, 1.165) is 36.1 Å². The van der Waals surface area contributed by atoms with Gasteiger partial charge < -0.3 is 4.90 Å². The fraction of sp³-hybridized carbons (Fsp3) is 0.857. The number of aromatic nitrogens is 3. The molecule has 0 unspecified atom stereocenters. The lowest BCUT2D eigenvalue weighted by atomic mass is 9.78. The SMILES string of the molecule is CCCn1c(N2CCC[C@H]3CCCC[C@H]32)n[nH]c1=S. The zero-order chi connectivity index (χ0) is 13.2. The van der Waals surface area contributed by atoms with Crippen LogP contribution in [0.15, 0.2) is 0 Å². The van der Waals surface area contributed by atoms with Crippen LogP contribution in [0, 0.1) is 10.7 Å². The van der Waals surface area contributed by atoms with Crippen LogP contribution >= 0.6 is 12.2 Å². The van der Waals surface area contributed by atoms with Crippen LogP contribution < -0.4 is 4.90 Å². The molecular formula is C14H24N4S. The first kappa shape index (κ1) is 13.2. The molecule has 1 N–H and O–H groups in total. The minimum Gasteiger partial charge on any atom is -0.338 e. The van der Waals surface area contributed by atoms with Gasteiger partial charge in [-0.25, -0.2) is 5.10 Å². The molecule has 3 rings (SSSR count). The van der Waals surface area contributed by atoms with E-state index in [1.807, 2.05) is 0 Å². The van der Waals surface area contributed by atoms with Crippen molar-refractivity contribution in [1.82, 2.24) is 14.8 Å². The van der Waals surface area contributed by atoms with Gasteiger partial charge in [-0.05, 0) is 50.2 Å². The Kier molecular flexibility index (Phi) is 3.91. The first-order valence-corrected chi connectivity index (χ1v) is 8.14. The van der Waals surface area contributed by atoms with E-state index in [2.05, 4.69) is 26.6 Å². The molecule has 2 aliphatic rings. The number of aromatic amines is 1. The molecule has 5 heteroatoms. The fourth-order valence-corrected chi connectivity index (χ4v) is 4.05. The van der Waals surface area contributed by atoms with Crippen molar-refractivity contribution in [3.63, 3.8) is 0 Å². The van der Waals surface area contributed by atoms with Gasteiger partial charge >= 0.3 is 0 Å². The number of piperidine rings is 1. The van der Waals surface area contributed by atoms with E-state index in [4.69, 9.17) is 12.2 Å². The Hall–Kier alpha value is -0.840. The van der Waals surface area contributed by atoms with Crippen LogP contribution in [-0.4, -0.2) is 27.4 Å². The number of anilines is 1. The Balaban J connectivity index is 1.89. The van der Waals surface area contributed by atoms with E-state index in [-0.39, 0.29) is 0 Å². The van der Waals surface area contributed by atoms with Crippen LogP contribution in [0.25, 0.3) is 0 Å². The number of nitrogens with zero attached hydrogens (tertiary/aromatic N) is 3. The third-order valence-corrected chi connectivity index (χ3v) is 5.00. The van der Waals surface area contributed by atoms with Gasteiger partial charge in [0.25, 0.3) is 0 Å². The Morgan fingerprint density at radius 1 is 1.26 bits per heavy atom. The largest absolute Gasteiger partial charge is 0.338 e. The molecule has 2 heterocycles. The first-order valence-electron chi connectivity index (χ1n) is 7.73. The maximum atomic E-state index is 5.37. The summed E-state index contributed by atoms with van der Waals surface area (Å²) in [4.78, 5) is 2.54. The molecule has 19 heavy (non-hydrogen) atoms. The monoisotopic (exact) mass is 280 g/mol. The van der Waals surface area contributed by atoms with Crippen molar-refractivity contribution in [2.75, 3.05) is 11.4 Å². The zero-order valence-corrected chi connectivity index (χ0v) is 12.6. The van der Waals surface area contributed by atoms with Crippen molar-refractivity contribution >= 4 is 18.2 Å². The van der Waals surface area contributed by atoms with Crippen LogP contribution in [0.3, 0.4) is 0 Å².